The molecule has 0 N–H and O–H groups in total. The number of carbonyl (C=O) groups excluding carboxylic acids is 1. The van der Waals surface area contributed by atoms with Gasteiger partial charge in [0.05, 0.1) is 0 Å². The number of rotatable bonds is 5. The number of para-hydroxylation sites is 1. The number of hydrogen-bond acceptors (Lipinski definition) is 3. The van der Waals surface area contributed by atoms with Crippen molar-refractivity contribution in [3.05, 3.63) is 60.2 Å². The minimum atomic E-state index is -0.0127. The number of thiazole rings is 1. The van der Waals surface area contributed by atoms with E-state index in [-0.39, 0.29) is 10.2 Å². The van der Waals surface area contributed by atoms with Crippen LogP contribution >= 0.6 is 60.3 Å². The van der Waals surface area contributed by atoms with Crippen LogP contribution in [0, 0.1) is 11.5 Å². The molecule has 2 nitrogen and oxygen atoms in total. The summed E-state index contributed by atoms with van der Waals surface area (Å²) in [7, 11) is 0.499. The summed E-state index contributed by atoms with van der Waals surface area (Å²) in [5.41, 5.74) is 5.52. The van der Waals surface area contributed by atoms with E-state index in [0.29, 0.717) is 29.3 Å². The normalized spacial score (nSPS) is 10.8. The first-order valence-corrected chi connectivity index (χ1v) is 23.9. The fourth-order valence-electron chi connectivity index (χ4n) is 2.48. The monoisotopic (exact) mass is 775 g/mol. The number of benzene rings is 2. The van der Waals surface area contributed by atoms with Crippen LogP contribution in [0.15, 0.2) is 58.9 Å². The van der Waals surface area contributed by atoms with Gasteiger partial charge in [-0.1, -0.05) is 61.4 Å². The molecule has 2 aromatic carbocycles. The molecule has 0 aliphatic rings. The summed E-state index contributed by atoms with van der Waals surface area (Å²) in [6.07, 6.45) is 0. The van der Waals surface area contributed by atoms with Crippen LogP contribution in [-0.2, 0) is 11.3 Å². The van der Waals surface area contributed by atoms with Crippen molar-refractivity contribution in [2.24, 2.45) is 0 Å². The van der Waals surface area contributed by atoms with E-state index in [1.165, 1.54) is 9.04 Å². The van der Waals surface area contributed by atoms with Gasteiger partial charge in [0.25, 0.3) is 4.34 Å². The number of halogens is 3. The van der Waals surface area contributed by atoms with Crippen LogP contribution in [0.3, 0.4) is 0 Å². The molecule has 3 rings (SSSR count). The van der Waals surface area contributed by atoms with Crippen molar-refractivity contribution in [3.63, 3.8) is 0 Å². The molecule has 152 valence electrons. The summed E-state index contributed by atoms with van der Waals surface area (Å²) in [6.45, 7) is 6.50. The summed E-state index contributed by atoms with van der Waals surface area (Å²) in [5.74, 6) is 3.42. The molecule has 0 amide bonds. The molecule has 0 spiro atoms. The zero-order valence-electron chi connectivity index (χ0n) is 16.2. The molecule has 0 atom stereocenters. The standard InChI is InChI=1S/C21H20NOS2Si.I3/c1-16(23)15-22-18-11-7-8-12-19(18)24-20(22)25-21(2,3)26-14-13-17-9-5-4-6-10-17;1-3-2/h4-12H,15H2,1-3H3;/q+1;-1. The van der Waals surface area contributed by atoms with Crippen molar-refractivity contribution in [2.45, 2.75) is 36.0 Å². The number of Topliss-reactive ketones (excluding diaryl/α,β-unsaturated/α-hetero) is 1. The fourth-order valence-corrected chi connectivity index (χ4v) is 6.52. The number of thioether (sulfide) groups is 1. The van der Waals surface area contributed by atoms with Crippen LogP contribution < -0.4 is 17.8 Å². The number of ketones is 1. The van der Waals surface area contributed by atoms with Gasteiger partial charge in [-0.2, -0.15) is 4.57 Å². The Hall–Kier alpha value is 0.317. The van der Waals surface area contributed by atoms with Crippen LogP contribution in [-0.4, -0.2) is 19.7 Å². The van der Waals surface area contributed by atoms with Crippen LogP contribution in [0.5, 0.6) is 0 Å². The molecule has 2 radical (unpaired) electrons. The first-order valence-electron chi connectivity index (χ1n) is 8.66. The van der Waals surface area contributed by atoms with Crippen molar-refractivity contribution < 1.29 is 22.6 Å². The zero-order valence-corrected chi connectivity index (χ0v) is 25.3. The van der Waals surface area contributed by atoms with Crippen molar-refractivity contribution >= 4 is 85.8 Å². The molecule has 0 aliphatic carbocycles. The number of hydrogen-bond donors (Lipinski definition) is 0. The van der Waals surface area contributed by atoms with Gasteiger partial charge in [-0.25, -0.2) is 0 Å². The molecular formula is C21H20I3NOS2Si. The molecule has 0 saturated heterocycles. The molecule has 0 aliphatic heterocycles. The predicted octanol–water partition coefficient (Wildman–Crippen LogP) is 3.09. The fraction of sp³-hybridized carbons (Fsp3) is 0.238. The van der Waals surface area contributed by atoms with E-state index in [1.54, 1.807) is 18.3 Å². The van der Waals surface area contributed by atoms with Crippen LogP contribution in [0.2, 0.25) is 0 Å². The molecule has 3 aromatic rings. The third-order valence-electron chi connectivity index (χ3n) is 3.64. The Balaban J connectivity index is 0.000000941. The number of carbonyl (C=O) groups is 1. The Bertz CT molecular complexity index is 1010. The van der Waals surface area contributed by atoms with E-state index in [4.69, 9.17) is 0 Å². The van der Waals surface area contributed by atoms with Gasteiger partial charge < -0.3 is 0 Å². The topological polar surface area (TPSA) is 20.9 Å². The SMILES string of the molecule is CC(=O)C[n+]1c(SC(C)(C)[Si]C#Cc2ccccc2)sc2ccccc21.I[I-]I. The summed E-state index contributed by atoms with van der Waals surface area (Å²) >= 11 is 8.87. The van der Waals surface area contributed by atoms with Gasteiger partial charge in [0.2, 0.25) is 12.1 Å². The second-order valence-electron chi connectivity index (χ2n) is 6.53. The van der Waals surface area contributed by atoms with Crippen molar-refractivity contribution in [1.29, 1.82) is 0 Å². The zero-order chi connectivity index (χ0) is 21.3. The molecule has 8 heteroatoms. The third-order valence-corrected chi connectivity index (χ3v) is 7.47. The van der Waals surface area contributed by atoms with Crippen LogP contribution in [0.1, 0.15) is 26.3 Å². The van der Waals surface area contributed by atoms with Gasteiger partial charge in [-0.3, -0.25) is 4.79 Å². The Morgan fingerprint density at radius 2 is 1.79 bits per heavy atom. The van der Waals surface area contributed by atoms with E-state index in [1.807, 2.05) is 54.2 Å². The van der Waals surface area contributed by atoms with Crippen LogP contribution in [0.25, 0.3) is 10.2 Å². The molecule has 1 heterocycles. The minimum absolute atomic E-state index is 0.0127. The Morgan fingerprint density at radius 3 is 2.45 bits per heavy atom. The molecule has 0 bridgehead atoms. The third kappa shape index (κ3) is 8.76. The average Bonchev–Trinajstić information content (AvgIpc) is 2.99. The number of fused-ring (bicyclic) bond motifs is 1. The summed E-state index contributed by atoms with van der Waals surface area (Å²) in [6, 6.07) is 18.4. The number of aromatic nitrogens is 1. The Kier molecular flexibility index (Phi) is 11.5. The second-order valence-corrected chi connectivity index (χ2v) is 27.8. The Labute approximate surface area is 213 Å². The van der Waals surface area contributed by atoms with E-state index in [0.717, 1.165) is 11.1 Å². The van der Waals surface area contributed by atoms with Gasteiger partial charge in [0, 0.05) is 22.9 Å². The molecule has 29 heavy (non-hydrogen) atoms. The maximum atomic E-state index is 11.8. The van der Waals surface area contributed by atoms with Crippen molar-refractivity contribution in [1.82, 2.24) is 0 Å². The first-order chi connectivity index (χ1) is 13.9. The van der Waals surface area contributed by atoms with Gasteiger partial charge in [0.1, 0.15) is 4.70 Å². The van der Waals surface area contributed by atoms with Gasteiger partial charge in [-0.15, -0.1) is 5.54 Å². The van der Waals surface area contributed by atoms with Gasteiger partial charge in [-0.05, 0) is 30.0 Å². The molecule has 0 saturated carbocycles. The maximum absolute atomic E-state index is 11.8. The average molecular weight is 775 g/mol. The van der Waals surface area contributed by atoms with Crippen molar-refractivity contribution in [2.75, 3.05) is 0 Å². The summed E-state index contributed by atoms with van der Waals surface area (Å²) < 4.78 is 4.51. The van der Waals surface area contributed by atoms with E-state index >= 15 is 0 Å². The van der Waals surface area contributed by atoms with Crippen molar-refractivity contribution in [3.8, 4) is 11.5 Å². The van der Waals surface area contributed by atoms with Gasteiger partial charge >= 0.3 is 50.5 Å². The van der Waals surface area contributed by atoms with E-state index < -0.39 is 0 Å². The van der Waals surface area contributed by atoms with Gasteiger partial charge in [0.15, 0.2) is 15.3 Å². The van der Waals surface area contributed by atoms with E-state index in [2.05, 4.69) is 79.2 Å². The molecular weight excluding hydrogens is 755 g/mol. The molecule has 0 fully saturated rings. The molecule has 0 unspecified atom stereocenters. The second kappa shape index (κ2) is 13.0. The predicted molar refractivity (Wildman–Crippen MR) is 140 cm³/mol. The summed E-state index contributed by atoms with van der Waals surface area (Å²) in [4.78, 5) is 11.8. The summed E-state index contributed by atoms with van der Waals surface area (Å²) in [5, 5.41) is 0. The molecule has 1 aromatic heterocycles. The quantitative estimate of drug-likeness (QED) is 0.131. The number of nitrogens with zero attached hydrogens (tertiary/aromatic N) is 1. The first kappa shape index (κ1) is 25.6. The Morgan fingerprint density at radius 1 is 1.17 bits per heavy atom. The van der Waals surface area contributed by atoms with E-state index in [9.17, 15) is 4.79 Å². The van der Waals surface area contributed by atoms with Crippen LogP contribution in [0.4, 0.5) is 0 Å².